The molecule has 134 valence electrons. The van der Waals surface area contributed by atoms with Crippen molar-refractivity contribution in [3.63, 3.8) is 0 Å². The Hall–Kier alpha value is -0.350. The number of guanidine groups is 1. The Balaban J connectivity index is 0.00000264. The van der Waals surface area contributed by atoms with E-state index in [0.717, 1.165) is 44.7 Å². The molecule has 0 atom stereocenters. The third kappa shape index (κ3) is 6.96. The minimum Gasteiger partial charge on any atom is -0.357 e. The summed E-state index contributed by atoms with van der Waals surface area (Å²) in [6.45, 7) is 4.91. The molecular formula is C15H29IN4O2S. The Morgan fingerprint density at radius 1 is 1.26 bits per heavy atom. The van der Waals surface area contributed by atoms with Crippen LogP contribution in [0.15, 0.2) is 17.1 Å². The highest BCUT2D eigenvalue weighted by Crippen LogP contribution is 2.19. The lowest BCUT2D eigenvalue weighted by Crippen LogP contribution is -2.43. The van der Waals surface area contributed by atoms with Gasteiger partial charge < -0.3 is 10.6 Å². The fourth-order valence-electron chi connectivity index (χ4n) is 2.89. The van der Waals surface area contributed by atoms with E-state index in [0.29, 0.717) is 25.0 Å². The predicted molar refractivity (Wildman–Crippen MR) is 106 cm³/mol. The number of piperidine rings is 1. The number of nitrogens with zero attached hydrogens (tertiary/aromatic N) is 2. The highest BCUT2D eigenvalue weighted by molar-refractivity contribution is 14.0. The standard InChI is InChI=1S/C15H28N4O2S.HI/c1-3-16-15(18-14-6-4-5-7-14)17-12-13-8-10-19(11-9-13)22(2,20)21;/h4-5,13-14H,3,6-12H2,1-2H3,(H2,16,17,18);1H. The molecule has 0 radical (unpaired) electrons. The van der Waals surface area contributed by atoms with Crippen LogP contribution in [-0.4, -0.2) is 57.2 Å². The molecular weight excluding hydrogens is 427 g/mol. The number of hydrogen-bond acceptors (Lipinski definition) is 3. The van der Waals surface area contributed by atoms with Gasteiger partial charge in [0, 0.05) is 32.2 Å². The first-order chi connectivity index (χ1) is 10.5. The Bertz CT molecular complexity index is 506. The second kappa shape index (κ2) is 9.83. The zero-order chi connectivity index (χ0) is 16.0. The summed E-state index contributed by atoms with van der Waals surface area (Å²) >= 11 is 0. The van der Waals surface area contributed by atoms with E-state index >= 15 is 0 Å². The van der Waals surface area contributed by atoms with E-state index < -0.39 is 10.0 Å². The SMILES string of the molecule is CCNC(=NCC1CCN(S(C)(=O)=O)CC1)NC1CC=CC1.I. The number of sulfonamides is 1. The second-order valence-corrected chi connectivity index (χ2v) is 8.09. The first-order valence-electron chi connectivity index (χ1n) is 8.14. The Morgan fingerprint density at radius 2 is 1.87 bits per heavy atom. The lowest BCUT2D eigenvalue weighted by molar-refractivity contribution is 0.280. The van der Waals surface area contributed by atoms with E-state index in [1.807, 2.05) is 0 Å². The summed E-state index contributed by atoms with van der Waals surface area (Å²) in [7, 11) is -3.04. The smallest absolute Gasteiger partial charge is 0.211 e. The summed E-state index contributed by atoms with van der Waals surface area (Å²) in [5, 5.41) is 6.75. The van der Waals surface area contributed by atoms with Crippen LogP contribution in [0.3, 0.4) is 0 Å². The van der Waals surface area contributed by atoms with E-state index in [-0.39, 0.29) is 24.0 Å². The molecule has 0 bridgehead atoms. The Morgan fingerprint density at radius 3 is 2.39 bits per heavy atom. The van der Waals surface area contributed by atoms with Crippen molar-refractivity contribution in [2.75, 3.05) is 32.4 Å². The Kier molecular flexibility index (Phi) is 8.84. The predicted octanol–water partition coefficient (Wildman–Crippen LogP) is 1.55. The second-order valence-electron chi connectivity index (χ2n) is 6.11. The molecule has 6 nitrogen and oxygen atoms in total. The minimum absolute atomic E-state index is 0. The monoisotopic (exact) mass is 456 g/mol. The van der Waals surface area contributed by atoms with Crippen LogP contribution < -0.4 is 10.6 Å². The van der Waals surface area contributed by atoms with Gasteiger partial charge in [-0.05, 0) is 38.5 Å². The average molecular weight is 456 g/mol. The van der Waals surface area contributed by atoms with Crippen LogP contribution in [-0.2, 0) is 10.0 Å². The lowest BCUT2D eigenvalue weighted by atomic mass is 9.98. The molecule has 8 heteroatoms. The topological polar surface area (TPSA) is 73.8 Å². The molecule has 0 unspecified atom stereocenters. The molecule has 0 aromatic carbocycles. The van der Waals surface area contributed by atoms with Gasteiger partial charge in [-0.3, -0.25) is 4.99 Å². The van der Waals surface area contributed by atoms with Crippen LogP contribution >= 0.6 is 24.0 Å². The largest absolute Gasteiger partial charge is 0.357 e. The summed E-state index contributed by atoms with van der Waals surface area (Å²) in [6, 6.07) is 0.449. The van der Waals surface area contributed by atoms with Gasteiger partial charge in [0.2, 0.25) is 10.0 Å². The van der Waals surface area contributed by atoms with Gasteiger partial charge in [0.15, 0.2) is 5.96 Å². The molecule has 23 heavy (non-hydrogen) atoms. The molecule has 0 amide bonds. The van der Waals surface area contributed by atoms with E-state index in [2.05, 4.69) is 34.7 Å². The number of halogens is 1. The molecule has 1 aliphatic heterocycles. The molecule has 1 aliphatic carbocycles. The van der Waals surface area contributed by atoms with Gasteiger partial charge >= 0.3 is 0 Å². The summed E-state index contributed by atoms with van der Waals surface area (Å²) < 4.78 is 24.6. The van der Waals surface area contributed by atoms with Gasteiger partial charge in [0.1, 0.15) is 0 Å². The summed E-state index contributed by atoms with van der Waals surface area (Å²) in [5.41, 5.74) is 0. The first kappa shape index (κ1) is 20.7. The lowest BCUT2D eigenvalue weighted by Gasteiger charge is -2.29. The van der Waals surface area contributed by atoms with Crippen LogP contribution in [0.1, 0.15) is 32.6 Å². The Labute approximate surface area is 157 Å². The van der Waals surface area contributed by atoms with Crippen LogP contribution in [0.4, 0.5) is 0 Å². The number of rotatable bonds is 5. The van der Waals surface area contributed by atoms with Crippen LogP contribution in [0.25, 0.3) is 0 Å². The van der Waals surface area contributed by atoms with Crippen molar-refractivity contribution in [1.29, 1.82) is 0 Å². The van der Waals surface area contributed by atoms with Gasteiger partial charge in [-0.1, -0.05) is 12.2 Å². The third-order valence-corrected chi connectivity index (χ3v) is 5.55. The number of aliphatic imine (C=N–C) groups is 1. The summed E-state index contributed by atoms with van der Waals surface area (Å²) in [4.78, 5) is 4.69. The van der Waals surface area contributed by atoms with Crippen molar-refractivity contribution in [3.8, 4) is 0 Å². The molecule has 1 heterocycles. The number of hydrogen-bond donors (Lipinski definition) is 2. The molecule has 2 aliphatic rings. The number of nitrogens with one attached hydrogen (secondary N) is 2. The molecule has 1 fully saturated rings. The molecule has 0 saturated carbocycles. The third-order valence-electron chi connectivity index (χ3n) is 4.24. The minimum atomic E-state index is -3.04. The molecule has 0 aromatic rings. The maximum atomic E-state index is 11.5. The van der Waals surface area contributed by atoms with Crippen molar-refractivity contribution in [2.24, 2.45) is 10.9 Å². The van der Waals surface area contributed by atoms with Crippen molar-refractivity contribution in [1.82, 2.24) is 14.9 Å². The highest BCUT2D eigenvalue weighted by atomic mass is 127. The molecule has 2 N–H and O–H groups in total. The highest BCUT2D eigenvalue weighted by Gasteiger charge is 2.24. The van der Waals surface area contributed by atoms with Gasteiger partial charge in [0.05, 0.1) is 6.26 Å². The molecule has 2 rings (SSSR count). The average Bonchev–Trinajstić information content (AvgIpc) is 2.97. The van der Waals surface area contributed by atoms with Gasteiger partial charge in [0.25, 0.3) is 0 Å². The fourth-order valence-corrected chi connectivity index (χ4v) is 3.77. The van der Waals surface area contributed by atoms with Crippen molar-refractivity contribution < 1.29 is 8.42 Å². The maximum absolute atomic E-state index is 11.5. The van der Waals surface area contributed by atoms with E-state index in [9.17, 15) is 8.42 Å². The molecule has 0 spiro atoms. The van der Waals surface area contributed by atoms with E-state index in [1.54, 1.807) is 4.31 Å². The van der Waals surface area contributed by atoms with Crippen molar-refractivity contribution in [3.05, 3.63) is 12.2 Å². The van der Waals surface area contributed by atoms with Gasteiger partial charge in [-0.2, -0.15) is 0 Å². The fraction of sp³-hybridized carbons (Fsp3) is 0.800. The van der Waals surface area contributed by atoms with Crippen molar-refractivity contribution in [2.45, 2.75) is 38.6 Å². The van der Waals surface area contributed by atoms with Crippen molar-refractivity contribution >= 4 is 40.0 Å². The van der Waals surface area contributed by atoms with Gasteiger partial charge in [-0.25, -0.2) is 12.7 Å². The maximum Gasteiger partial charge on any atom is 0.211 e. The molecule has 0 aromatic heterocycles. The quantitative estimate of drug-likeness (QED) is 0.285. The first-order valence-corrected chi connectivity index (χ1v) is 9.99. The van der Waals surface area contributed by atoms with E-state index in [4.69, 9.17) is 0 Å². The summed E-state index contributed by atoms with van der Waals surface area (Å²) in [5.74, 6) is 1.34. The van der Waals surface area contributed by atoms with E-state index in [1.165, 1.54) is 6.26 Å². The zero-order valence-electron chi connectivity index (χ0n) is 14.0. The van der Waals surface area contributed by atoms with Crippen LogP contribution in [0.2, 0.25) is 0 Å². The van der Waals surface area contributed by atoms with Crippen LogP contribution in [0.5, 0.6) is 0 Å². The zero-order valence-corrected chi connectivity index (χ0v) is 17.1. The molecule has 1 saturated heterocycles. The summed E-state index contributed by atoms with van der Waals surface area (Å²) in [6.07, 6.45) is 9.56. The van der Waals surface area contributed by atoms with Gasteiger partial charge in [-0.15, -0.1) is 24.0 Å². The normalized spacial score (nSPS) is 21.2. The van der Waals surface area contributed by atoms with Crippen LogP contribution in [0, 0.1) is 5.92 Å².